The molecular weight excluding hydrogens is 267 g/mol. The summed E-state index contributed by atoms with van der Waals surface area (Å²) < 4.78 is 16.2. The van der Waals surface area contributed by atoms with Crippen molar-refractivity contribution in [1.82, 2.24) is 14.5 Å². The molecule has 1 aliphatic rings. The summed E-state index contributed by atoms with van der Waals surface area (Å²) in [5, 5.41) is 0. The van der Waals surface area contributed by atoms with Crippen LogP contribution in [0.5, 0.6) is 0 Å². The minimum Gasteiger partial charge on any atom is -0.330 e. The molecule has 2 atom stereocenters. The lowest BCUT2D eigenvalue weighted by atomic mass is 9.99. The largest absolute Gasteiger partial charge is 0.330 e. The molecule has 0 saturated carbocycles. The number of imidazole rings is 1. The summed E-state index contributed by atoms with van der Waals surface area (Å²) in [6, 6.07) is 5.75. The Balaban J connectivity index is 1.90. The first-order valence-electron chi connectivity index (χ1n) is 7.30. The number of halogens is 1. The Morgan fingerprint density at radius 3 is 2.81 bits per heavy atom. The molecule has 0 aliphatic carbocycles. The maximum Gasteiger partial charge on any atom is 0.147 e. The summed E-state index contributed by atoms with van der Waals surface area (Å²) in [6.07, 6.45) is 4.45. The van der Waals surface area contributed by atoms with Crippen LogP contribution >= 0.6 is 0 Å². The Hall–Kier alpha value is -1.72. The third-order valence-corrected chi connectivity index (χ3v) is 4.41. The van der Waals surface area contributed by atoms with Crippen LogP contribution in [0.25, 0.3) is 5.69 Å². The van der Waals surface area contributed by atoms with E-state index < -0.39 is 0 Å². The van der Waals surface area contributed by atoms with Crippen LogP contribution < -0.4 is 5.73 Å². The van der Waals surface area contributed by atoms with Crippen LogP contribution in [-0.2, 0) is 0 Å². The van der Waals surface area contributed by atoms with Gasteiger partial charge in [0.05, 0.1) is 5.69 Å². The van der Waals surface area contributed by atoms with E-state index in [0.29, 0.717) is 18.2 Å². The van der Waals surface area contributed by atoms with Crippen LogP contribution in [0.1, 0.15) is 23.9 Å². The van der Waals surface area contributed by atoms with Gasteiger partial charge in [0, 0.05) is 25.0 Å². The second kappa shape index (κ2) is 5.58. The Kier molecular flexibility index (Phi) is 3.78. The molecule has 0 spiro atoms. The fraction of sp³-hybridized carbons (Fsp3) is 0.438. The van der Waals surface area contributed by atoms with Gasteiger partial charge in [-0.3, -0.25) is 4.90 Å². The molecule has 2 aromatic rings. The van der Waals surface area contributed by atoms with Gasteiger partial charge in [-0.25, -0.2) is 9.37 Å². The highest BCUT2D eigenvalue weighted by Gasteiger charge is 2.30. The summed E-state index contributed by atoms with van der Waals surface area (Å²) in [5.74, 6) is 1.07. The molecule has 5 heteroatoms. The smallest absolute Gasteiger partial charge is 0.147 e. The maximum absolute atomic E-state index is 14.5. The second-order valence-corrected chi connectivity index (χ2v) is 5.85. The van der Waals surface area contributed by atoms with Gasteiger partial charge in [0.25, 0.3) is 0 Å². The fourth-order valence-electron chi connectivity index (χ4n) is 3.22. The van der Waals surface area contributed by atoms with Gasteiger partial charge in [0.15, 0.2) is 0 Å². The van der Waals surface area contributed by atoms with E-state index in [9.17, 15) is 4.39 Å². The van der Waals surface area contributed by atoms with Crippen molar-refractivity contribution in [3.63, 3.8) is 0 Å². The first-order chi connectivity index (χ1) is 10.1. The summed E-state index contributed by atoms with van der Waals surface area (Å²) in [5.41, 5.74) is 7.33. The first-order valence-corrected chi connectivity index (χ1v) is 7.30. The molecule has 1 fully saturated rings. The topological polar surface area (TPSA) is 47.1 Å². The third-order valence-electron chi connectivity index (χ3n) is 4.41. The van der Waals surface area contributed by atoms with E-state index in [2.05, 4.69) is 16.9 Å². The molecule has 2 heterocycles. The monoisotopic (exact) mass is 288 g/mol. The van der Waals surface area contributed by atoms with Crippen molar-refractivity contribution in [1.29, 1.82) is 0 Å². The van der Waals surface area contributed by atoms with Gasteiger partial charge in [0.2, 0.25) is 0 Å². The average Bonchev–Trinajstić information content (AvgIpc) is 3.05. The Labute approximate surface area is 124 Å². The lowest BCUT2D eigenvalue weighted by Gasteiger charge is -2.20. The van der Waals surface area contributed by atoms with Crippen molar-refractivity contribution in [3.8, 4) is 5.69 Å². The highest BCUT2D eigenvalue weighted by atomic mass is 19.1. The summed E-state index contributed by atoms with van der Waals surface area (Å²) in [7, 11) is 2.08. The zero-order valence-electron chi connectivity index (χ0n) is 12.5. The van der Waals surface area contributed by atoms with E-state index in [-0.39, 0.29) is 11.9 Å². The Bertz CT molecular complexity index is 637. The lowest BCUT2D eigenvalue weighted by Crippen LogP contribution is -2.20. The number of hydrogen-bond donors (Lipinski definition) is 1. The summed E-state index contributed by atoms with van der Waals surface area (Å²) >= 11 is 0. The van der Waals surface area contributed by atoms with E-state index in [4.69, 9.17) is 5.73 Å². The molecule has 1 saturated heterocycles. The Morgan fingerprint density at radius 1 is 1.43 bits per heavy atom. The summed E-state index contributed by atoms with van der Waals surface area (Å²) in [6.45, 7) is 3.53. The van der Waals surface area contributed by atoms with Crippen molar-refractivity contribution in [2.45, 2.75) is 19.4 Å². The molecule has 0 radical (unpaired) electrons. The van der Waals surface area contributed by atoms with E-state index in [1.807, 2.05) is 19.1 Å². The van der Waals surface area contributed by atoms with Gasteiger partial charge < -0.3 is 10.3 Å². The number of nitrogens with two attached hydrogens (primary N) is 1. The Morgan fingerprint density at radius 2 is 2.24 bits per heavy atom. The number of nitrogens with zero attached hydrogens (tertiary/aromatic N) is 3. The molecular formula is C16H21FN4. The SMILES string of the molecule is Cc1nccn1-c1ccc(C2CC(CN)CN2C)cc1F. The van der Waals surface area contributed by atoms with Gasteiger partial charge in [0.1, 0.15) is 11.6 Å². The molecule has 21 heavy (non-hydrogen) atoms. The zero-order chi connectivity index (χ0) is 15.0. The average molecular weight is 288 g/mol. The van der Waals surface area contributed by atoms with Crippen molar-refractivity contribution in [2.75, 3.05) is 20.1 Å². The van der Waals surface area contributed by atoms with E-state index in [1.54, 1.807) is 23.0 Å². The normalized spacial score (nSPS) is 22.9. The van der Waals surface area contributed by atoms with Crippen molar-refractivity contribution in [3.05, 3.63) is 47.8 Å². The molecule has 0 bridgehead atoms. The predicted molar refractivity (Wildman–Crippen MR) is 80.8 cm³/mol. The highest BCUT2D eigenvalue weighted by molar-refractivity contribution is 5.38. The fourth-order valence-corrected chi connectivity index (χ4v) is 3.22. The maximum atomic E-state index is 14.5. The van der Waals surface area contributed by atoms with Crippen LogP contribution in [0.2, 0.25) is 0 Å². The second-order valence-electron chi connectivity index (χ2n) is 5.85. The molecule has 1 aromatic carbocycles. The van der Waals surface area contributed by atoms with Gasteiger partial charge in [-0.05, 0) is 50.6 Å². The molecule has 2 unspecified atom stereocenters. The number of hydrogen-bond acceptors (Lipinski definition) is 3. The first kappa shape index (κ1) is 14.2. The van der Waals surface area contributed by atoms with Crippen molar-refractivity contribution < 1.29 is 4.39 Å². The molecule has 112 valence electrons. The quantitative estimate of drug-likeness (QED) is 0.942. The van der Waals surface area contributed by atoms with Crippen molar-refractivity contribution in [2.24, 2.45) is 11.7 Å². The third kappa shape index (κ3) is 2.59. The minimum atomic E-state index is -0.210. The van der Waals surface area contributed by atoms with Gasteiger partial charge in [-0.15, -0.1) is 0 Å². The van der Waals surface area contributed by atoms with Crippen LogP contribution in [0.4, 0.5) is 4.39 Å². The van der Waals surface area contributed by atoms with Crippen LogP contribution in [-0.4, -0.2) is 34.6 Å². The van der Waals surface area contributed by atoms with Gasteiger partial charge in [-0.1, -0.05) is 6.07 Å². The molecule has 1 aliphatic heterocycles. The number of likely N-dealkylation sites (tertiary alicyclic amines) is 1. The number of rotatable bonds is 3. The zero-order valence-corrected chi connectivity index (χ0v) is 12.5. The standard InChI is InChI=1S/C16H21FN4/c1-11-19-5-6-21(11)15-4-3-13(8-14(15)17)16-7-12(9-18)10-20(16)2/h3-6,8,12,16H,7,9-10,18H2,1-2H3. The lowest BCUT2D eigenvalue weighted by molar-refractivity contribution is 0.313. The van der Waals surface area contributed by atoms with Crippen LogP contribution in [0.3, 0.4) is 0 Å². The minimum absolute atomic E-state index is 0.210. The van der Waals surface area contributed by atoms with Crippen LogP contribution in [0, 0.1) is 18.7 Å². The predicted octanol–water partition coefficient (Wildman–Crippen LogP) is 2.27. The van der Waals surface area contributed by atoms with E-state index >= 15 is 0 Å². The van der Waals surface area contributed by atoms with Gasteiger partial charge in [-0.2, -0.15) is 0 Å². The molecule has 4 nitrogen and oxygen atoms in total. The number of aryl methyl sites for hydroxylation is 1. The van der Waals surface area contributed by atoms with Crippen molar-refractivity contribution >= 4 is 0 Å². The van der Waals surface area contributed by atoms with E-state index in [1.165, 1.54) is 0 Å². The summed E-state index contributed by atoms with van der Waals surface area (Å²) in [4.78, 5) is 6.40. The molecule has 1 aromatic heterocycles. The van der Waals surface area contributed by atoms with Crippen LogP contribution in [0.15, 0.2) is 30.6 Å². The number of benzene rings is 1. The van der Waals surface area contributed by atoms with E-state index in [0.717, 1.165) is 24.4 Å². The highest BCUT2D eigenvalue weighted by Crippen LogP contribution is 2.34. The molecule has 3 rings (SSSR count). The van der Waals surface area contributed by atoms with Gasteiger partial charge >= 0.3 is 0 Å². The molecule has 0 amide bonds. The molecule has 2 N–H and O–H groups in total. The number of aromatic nitrogens is 2.